The Labute approximate surface area is 261 Å². The number of rotatable bonds is 13. The fourth-order valence-corrected chi connectivity index (χ4v) is 5.77. The Hall–Kier alpha value is -4.49. The zero-order chi connectivity index (χ0) is 33.5. The van der Waals surface area contributed by atoms with E-state index in [9.17, 15) is 40.4 Å². The van der Waals surface area contributed by atoms with Crippen LogP contribution in [0, 0.1) is 11.3 Å². The van der Waals surface area contributed by atoms with Crippen LogP contribution in [-0.2, 0) is 14.6 Å². The molecule has 3 aromatic rings. The van der Waals surface area contributed by atoms with Crippen LogP contribution in [0.15, 0.2) is 71.8 Å². The number of hydrogen-bond donors (Lipinski definition) is 1. The van der Waals surface area contributed by atoms with Gasteiger partial charge in [-0.15, -0.1) is 13.2 Å². The number of aromatic nitrogens is 1. The average Bonchev–Trinajstić information content (AvgIpc) is 3.42. The first kappa shape index (κ1) is 34.4. The molecule has 0 unspecified atom stereocenters. The number of anilines is 1. The van der Waals surface area contributed by atoms with Crippen LogP contribution in [0.25, 0.3) is 0 Å². The molecular weight excluding hydrogens is 639 g/mol. The second kappa shape index (κ2) is 14.7. The zero-order valence-electron chi connectivity index (χ0n) is 24.3. The molecule has 2 aromatic carbocycles. The molecule has 1 amide bonds. The highest BCUT2D eigenvalue weighted by Crippen LogP contribution is 2.30. The Kier molecular flexibility index (Phi) is 11.0. The van der Waals surface area contributed by atoms with E-state index in [1.807, 2.05) is 6.07 Å². The average molecular weight is 669 g/mol. The summed E-state index contributed by atoms with van der Waals surface area (Å²) in [5.74, 6) is -1.08. The lowest BCUT2D eigenvalue weighted by Gasteiger charge is -2.26. The molecule has 0 spiro atoms. The number of hydrogen-bond acceptors (Lipinski definition) is 9. The van der Waals surface area contributed by atoms with Crippen LogP contribution in [0.1, 0.15) is 41.7 Å². The third-order valence-corrected chi connectivity index (χ3v) is 8.86. The van der Waals surface area contributed by atoms with E-state index >= 15 is 0 Å². The van der Waals surface area contributed by atoms with Gasteiger partial charge in [-0.05, 0) is 48.0 Å². The van der Waals surface area contributed by atoms with Crippen LogP contribution in [0.2, 0.25) is 0 Å². The van der Waals surface area contributed by atoms with Crippen molar-refractivity contribution in [2.24, 2.45) is 0 Å². The molecule has 1 N–H and O–H groups in total. The van der Waals surface area contributed by atoms with Gasteiger partial charge in [0.05, 0.1) is 54.6 Å². The van der Waals surface area contributed by atoms with Gasteiger partial charge in [-0.3, -0.25) is 4.79 Å². The maximum Gasteiger partial charge on any atom is 0.574 e. The van der Waals surface area contributed by atoms with E-state index in [4.69, 9.17) is 4.74 Å². The molecule has 10 nitrogen and oxygen atoms in total. The van der Waals surface area contributed by atoms with Gasteiger partial charge in [0.2, 0.25) is 5.88 Å². The molecule has 1 fully saturated rings. The van der Waals surface area contributed by atoms with Gasteiger partial charge in [-0.1, -0.05) is 19.1 Å². The van der Waals surface area contributed by atoms with Crippen molar-refractivity contribution in [1.82, 2.24) is 10.3 Å². The quantitative estimate of drug-likeness (QED) is 0.237. The van der Waals surface area contributed by atoms with Gasteiger partial charge in [0.25, 0.3) is 5.91 Å². The highest BCUT2D eigenvalue weighted by atomic mass is 32.2. The molecule has 4 rings (SSSR count). The first-order chi connectivity index (χ1) is 21.8. The van der Waals surface area contributed by atoms with Crippen LogP contribution in [0.4, 0.5) is 27.6 Å². The van der Waals surface area contributed by atoms with E-state index in [0.29, 0.717) is 11.3 Å². The number of nitriles is 1. The van der Waals surface area contributed by atoms with Crippen LogP contribution in [0.5, 0.6) is 11.6 Å². The van der Waals surface area contributed by atoms with Gasteiger partial charge >= 0.3 is 13.0 Å². The van der Waals surface area contributed by atoms with Crippen molar-refractivity contribution in [3.05, 3.63) is 78.0 Å². The maximum absolute atomic E-state index is 13.1. The summed E-state index contributed by atoms with van der Waals surface area (Å²) in [5, 5.41) is 12.1. The Morgan fingerprint density at radius 3 is 2.37 bits per heavy atom. The van der Waals surface area contributed by atoms with E-state index in [1.165, 1.54) is 37.3 Å². The third-order valence-electron chi connectivity index (χ3n) is 7.11. The van der Waals surface area contributed by atoms with Crippen molar-refractivity contribution in [2.45, 2.75) is 55.8 Å². The Bertz CT molecular complexity index is 1620. The molecule has 0 aliphatic carbocycles. The molecule has 0 saturated carbocycles. The minimum absolute atomic E-state index is 0.0682. The van der Waals surface area contributed by atoms with E-state index in [1.54, 1.807) is 29.2 Å². The van der Waals surface area contributed by atoms with Crippen LogP contribution >= 0.6 is 0 Å². The van der Waals surface area contributed by atoms with E-state index in [-0.39, 0.29) is 48.0 Å². The van der Waals surface area contributed by atoms with Gasteiger partial charge in [-0.2, -0.15) is 14.0 Å². The summed E-state index contributed by atoms with van der Waals surface area (Å²) in [6.45, 7) is -1.62. The highest BCUT2D eigenvalue weighted by molar-refractivity contribution is 7.91. The normalized spacial score (nSPS) is 17.4. The minimum Gasteiger partial charge on any atom is -0.487 e. The molecule has 3 atom stereocenters. The second-order valence-electron chi connectivity index (χ2n) is 10.2. The highest BCUT2D eigenvalue weighted by Gasteiger charge is 2.35. The number of alkyl halides is 5. The monoisotopic (exact) mass is 668 g/mol. The van der Waals surface area contributed by atoms with Crippen molar-refractivity contribution < 1.29 is 49.4 Å². The predicted molar refractivity (Wildman–Crippen MR) is 154 cm³/mol. The van der Waals surface area contributed by atoms with E-state index in [0.717, 1.165) is 12.3 Å². The maximum atomic E-state index is 13.1. The Morgan fingerprint density at radius 1 is 1.11 bits per heavy atom. The Balaban J connectivity index is 1.44. The fourth-order valence-electron chi connectivity index (χ4n) is 4.89. The van der Waals surface area contributed by atoms with Gasteiger partial charge in [0.1, 0.15) is 11.9 Å². The summed E-state index contributed by atoms with van der Waals surface area (Å²) in [7, 11) is -3.42. The van der Waals surface area contributed by atoms with Crippen molar-refractivity contribution in [3.63, 3.8) is 0 Å². The summed E-state index contributed by atoms with van der Waals surface area (Å²) in [6.07, 6.45) is -4.23. The Morgan fingerprint density at radius 2 is 1.80 bits per heavy atom. The van der Waals surface area contributed by atoms with Gasteiger partial charge < -0.3 is 24.4 Å². The lowest BCUT2D eigenvalue weighted by atomic mass is 10.0. The fraction of sp³-hybridized carbons (Fsp3) is 0.367. The number of pyridine rings is 1. The van der Waals surface area contributed by atoms with Crippen LogP contribution in [-0.4, -0.2) is 63.3 Å². The minimum atomic E-state index is -4.90. The molecule has 1 aliphatic rings. The van der Waals surface area contributed by atoms with E-state index in [2.05, 4.69) is 19.8 Å². The molecule has 1 aliphatic heterocycles. The van der Waals surface area contributed by atoms with Crippen LogP contribution in [0.3, 0.4) is 0 Å². The van der Waals surface area contributed by atoms with Gasteiger partial charge in [0.15, 0.2) is 9.84 Å². The standard InChI is InChI=1S/C30H29F5N4O6S/c1-2-46(41,42)25-10-5-19(6-11-25)26(13-14-36)38-28(40)20-3-7-21(8-4-20)39-17-24(15-22(39)18-43-29(31)32)44-23-9-12-27(37-16-23)45-30(33,34)35/h3-12,16,22,24,26,29H,2,13,15,17-18H2,1H3,(H,38,40)/t22-,24-,26-/m0/s1. The molecule has 2 heterocycles. The SMILES string of the molecule is CCS(=O)(=O)c1ccc([C@H](CC#N)NC(=O)c2ccc(N3C[C@@H](Oc4ccc(OC(F)(F)F)nc4)C[C@H]3COC(F)F)cc2)cc1. The zero-order valence-corrected chi connectivity index (χ0v) is 25.1. The lowest BCUT2D eigenvalue weighted by molar-refractivity contribution is -0.276. The van der Waals surface area contributed by atoms with Crippen molar-refractivity contribution in [1.29, 1.82) is 5.26 Å². The van der Waals surface area contributed by atoms with E-state index < -0.39 is 52.8 Å². The van der Waals surface area contributed by atoms with Crippen molar-refractivity contribution in [3.8, 4) is 17.7 Å². The number of nitrogens with zero attached hydrogens (tertiary/aromatic N) is 3. The number of sulfone groups is 1. The molecule has 1 saturated heterocycles. The molecule has 16 heteroatoms. The molecule has 46 heavy (non-hydrogen) atoms. The summed E-state index contributed by atoms with van der Waals surface area (Å²) in [6, 6.07) is 15.2. The third kappa shape index (κ3) is 9.27. The number of ether oxygens (including phenoxy) is 3. The lowest BCUT2D eigenvalue weighted by Crippen LogP contribution is -2.34. The molecule has 246 valence electrons. The first-order valence-electron chi connectivity index (χ1n) is 13.9. The summed E-state index contributed by atoms with van der Waals surface area (Å²) in [4.78, 5) is 18.5. The van der Waals surface area contributed by atoms with Crippen molar-refractivity contribution in [2.75, 3.05) is 23.8 Å². The summed E-state index contributed by atoms with van der Waals surface area (Å²) < 4.78 is 101. The smallest absolute Gasteiger partial charge is 0.487 e. The number of halogens is 5. The van der Waals surface area contributed by atoms with Crippen LogP contribution < -0.4 is 19.7 Å². The number of carbonyl (C=O) groups is 1. The molecule has 1 aromatic heterocycles. The number of nitrogens with one attached hydrogen (secondary N) is 1. The van der Waals surface area contributed by atoms with Gasteiger partial charge in [0, 0.05) is 23.7 Å². The second-order valence-corrected chi connectivity index (χ2v) is 12.4. The number of carbonyl (C=O) groups excluding carboxylic acids is 1. The summed E-state index contributed by atoms with van der Waals surface area (Å²) >= 11 is 0. The topological polar surface area (TPSA) is 131 Å². The molecule has 0 bridgehead atoms. The van der Waals surface area contributed by atoms with Crippen molar-refractivity contribution >= 4 is 21.4 Å². The van der Waals surface area contributed by atoms with Gasteiger partial charge in [-0.25, -0.2) is 13.4 Å². The summed E-state index contributed by atoms with van der Waals surface area (Å²) in [5.41, 5.74) is 1.36. The number of benzene rings is 2. The first-order valence-corrected chi connectivity index (χ1v) is 15.6. The molecular formula is C30H29F5N4O6S. The number of amides is 1. The molecule has 0 radical (unpaired) electrons. The largest absolute Gasteiger partial charge is 0.574 e. The predicted octanol–water partition coefficient (Wildman–Crippen LogP) is 5.42.